The predicted octanol–water partition coefficient (Wildman–Crippen LogP) is 2.41. The van der Waals surface area contributed by atoms with Crippen molar-refractivity contribution in [3.63, 3.8) is 0 Å². The number of halogens is 1. The lowest BCUT2D eigenvalue weighted by Gasteiger charge is -2.10. The van der Waals surface area contributed by atoms with Gasteiger partial charge < -0.3 is 5.11 Å². The molecule has 0 aliphatic carbocycles. The monoisotopic (exact) mass is 164 g/mol. The third-order valence-electron chi connectivity index (χ3n) is 1.87. The summed E-state index contributed by atoms with van der Waals surface area (Å²) in [5.74, 6) is 1.09. The van der Waals surface area contributed by atoms with Gasteiger partial charge in [-0.1, -0.05) is 20.3 Å². The Bertz CT molecular complexity index is 65.7. The van der Waals surface area contributed by atoms with E-state index in [-0.39, 0.29) is 6.10 Å². The van der Waals surface area contributed by atoms with Gasteiger partial charge in [0, 0.05) is 5.88 Å². The van der Waals surface area contributed by atoms with Crippen molar-refractivity contribution in [1.29, 1.82) is 0 Å². The van der Waals surface area contributed by atoms with Crippen molar-refractivity contribution in [3.05, 3.63) is 0 Å². The zero-order valence-corrected chi connectivity index (χ0v) is 7.56. The quantitative estimate of drug-likeness (QED) is 0.619. The lowest BCUT2D eigenvalue weighted by molar-refractivity contribution is 0.177. The molecule has 0 radical (unpaired) electrons. The topological polar surface area (TPSA) is 20.2 Å². The largest absolute Gasteiger partial charge is 0.392 e. The van der Waals surface area contributed by atoms with Crippen LogP contribution in [0.4, 0.5) is 0 Å². The molecule has 0 spiro atoms. The highest BCUT2D eigenvalue weighted by Gasteiger charge is 2.04. The van der Waals surface area contributed by atoms with Crippen LogP contribution in [-0.2, 0) is 0 Å². The van der Waals surface area contributed by atoms with E-state index in [4.69, 9.17) is 16.7 Å². The molecule has 0 aliphatic heterocycles. The maximum absolute atomic E-state index is 9.07. The minimum atomic E-state index is -0.296. The van der Waals surface area contributed by atoms with Crippen LogP contribution in [0.5, 0.6) is 0 Å². The lowest BCUT2D eigenvalue weighted by atomic mass is 10.0. The fourth-order valence-electron chi connectivity index (χ4n) is 0.758. The lowest BCUT2D eigenvalue weighted by Crippen LogP contribution is -2.09. The Balaban J connectivity index is 3.17. The van der Waals surface area contributed by atoms with Gasteiger partial charge in [-0.05, 0) is 18.8 Å². The van der Waals surface area contributed by atoms with Crippen molar-refractivity contribution < 1.29 is 5.11 Å². The number of aliphatic hydroxyl groups is 1. The Kier molecular flexibility index (Phi) is 6.14. The van der Waals surface area contributed by atoms with Crippen LogP contribution in [0.3, 0.4) is 0 Å². The zero-order valence-electron chi connectivity index (χ0n) is 6.81. The zero-order chi connectivity index (χ0) is 7.98. The minimum absolute atomic E-state index is 0.296. The summed E-state index contributed by atoms with van der Waals surface area (Å²) in [4.78, 5) is 0. The molecule has 1 nitrogen and oxygen atoms in total. The molecule has 0 fully saturated rings. The van der Waals surface area contributed by atoms with Crippen molar-refractivity contribution in [2.75, 3.05) is 5.88 Å². The van der Waals surface area contributed by atoms with Gasteiger partial charge in [0.15, 0.2) is 0 Å². The molecule has 2 unspecified atom stereocenters. The summed E-state index contributed by atoms with van der Waals surface area (Å²) in [6.07, 6.45) is 2.83. The molecule has 1 N–H and O–H groups in total. The van der Waals surface area contributed by atoms with Gasteiger partial charge in [-0.25, -0.2) is 0 Å². The summed E-state index contributed by atoms with van der Waals surface area (Å²) in [5.41, 5.74) is 0. The summed E-state index contributed by atoms with van der Waals surface area (Å²) in [6, 6.07) is 0. The third-order valence-corrected chi connectivity index (χ3v) is 2.22. The SMILES string of the molecule is CCC(C)CCC(O)CCl. The molecule has 0 heterocycles. The fraction of sp³-hybridized carbons (Fsp3) is 1.00. The normalized spacial score (nSPS) is 16.8. The Morgan fingerprint density at radius 3 is 2.40 bits per heavy atom. The van der Waals surface area contributed by atoms with E-state index in [1.54, 1.807) is 0 Å². The Morgan fingerprint density at radius 2 is 2.00 bits per heavy atom. The number of rotatable bonds is 5. The second-order valence-corrected chi connectivity index (χ2v) is 3.21. The van der Waals surface area contributed by atoms with E-state index >= 15 is 0 Å². The smallest absolute Gasteiger partial charge is 0.0675 e. The van der Waals surface area contributed by atoms with E-state index < -0.39 is 0 Å². The van der Waals surface area contributed by atoms with Gasteiger partial charge in [0.05, 0.1) is 6.10 Å². The van der Waals surface area contributed by atoms with Crippen LogP contribution >= 0.6 is 11.6 Å². The predicted molar refractivity (Wildman–Crippen MR) is 45.4 cm³/mol. The summed E-state index contributed by atoms with van der Waals surface area (Å²) >= 11 is 5.43. The fourth-order valence-corrected chi connectivity index (χ4v) is 0.912. The van der Waals surface area contributed by atoms with E-state index in [0.717, 1.165) is 18.8 Å². The molecular formula is C8H17ClO. The first-order valence-electron chi connectivity index (χ1n) is 3.94. The molecule has 0 aromatic carbocycles. The van der Waals surface area contributed by atoms with Gasteiger partial charge in [0.2, 0.25) is 0 Å². The highest BCUT2D eigenvalue weighted by molar-refractivity contribution is 6.18. The molecule has 0 saturated carbocycles. The molecule has 0 rings (SSSR count). The van der Waals surface area contributed by atoms with Crippen LogP contribution in [0.1, 0.15) is 33.1 Å². The van der Waals surface area contributed by atoms with Crippen molar-refractivity contribution in [1.82, 2.24) is 0 Å². The van der Waals surface area contributed by atoms with Gasteiger partial charge in [0.1, 0.15) is 0 Å². The standard InChI is InChI=1S/C8H17ClO/c1-3-7(2)4-5-8(10)6-9/h7-8,10H,3-6H2,1-2H3. The van der Waals surface area contributed by atoms with E-state index in [0.29, 0.717) is 5.88 Å². The first kappa shape index (κ1) is 10.2. The number of alkyl halides is 1. The van der Waals surface area contributed by atoms with Gasteiger partial charge >= 0.3 is 0 Å². The molecule has 0 amide bonds. The van der Waals surface area contributed by atoms with E-state index in [1.165, 1.54) is 6.42 Å². The summed E-state index contributed by atoms with van der Waals surface area (Å²) < 4.78 is 0. The average Bonchev–Trinajstić information content (AvgIpc) is 1.99. The van der Waals surface area contributed by atoms with Gasteiger partial charge in [-0.15, -0.1) is 11.6 Å². The Labute approximate surface area is 68.4 Å². The Hall–Kier alpha value is 0.250. The summed E-state index contributed by atoms with van der Waals surface area (Å²) in [5, 5.41) is 9.07. The summed E-state index contributed by atoms with van der Waals surface area (Å²) in [7, 11) is 0. The Morgan fingerprint density at radius 1 is 1.40 bits per heavy atom. The number of aliphatic hydroxyl groups excluding tert-OH is 1. The molecule has 0 saturated heterocycles. The molecule has 2 atom stereocenters. The molecule has 62 valence electrons. The molecule has 0 aliphatic rings. The molecule has 0 bridgehead atoms. The molecule has 2 heteroatoms. The van der Waals surface area contributed by atoms with Gasteiger partial charge in [-0.2, -0.15) is 0 Å². The highest BCUT2D eigenvalue weighted by atomic mass is 35.5. The van der Waals surface area contributed by atoms with Crippen LogP contribution in [0.25, 0.3) is 0 Å². The van der Waals surface area contributed by atoms with Crippen molar-refractivity contribution in [2.45, 2.75) is 39.2 Å². The number of hydrogen-bond acceptors (Lipinski definition) is 1. The average molecular weight is 165 g/mol. The summed E-state index contributed by atoms with van der Waals surface area (Å²) in [6.45, 7) is 4.36. The second-order valence-electron chi connectivity index (χ2n) is 2.90. The van der Waals surface area contributed by atoms with Crippen LogP contribution in [0.2, 0.25) is 0 Å². The third kappa shape index (κ3) is 5.07. The maximum Gasteiger partial charge on any atom is 0.0675 e. The minimum Gasteiger partial charge on any atom is -0.392 e. The molecule has 0 aromatic heterocycles. The first-order valence-corrected chi connectivity index (χ1v) is 4.48. The molecule has 10 heavy (non-hydrogen) atoms. The van der Waals surface area contributed by atoms with Gasteiger partial charge in [-0.3, -0.25) is 0 Å². The van der Waals surface area contributed by atoms with E-state index in [9.17, 15) is 0 Å². The van der Waals surface area contributed by atoms with Crippen LogP contribution < -0.4 is 0 Å². The van der Waals surface area contributed by atoms with Crippen molar-refractivity contribution in [3.8, 4) is 0 Å². The second kappa shape index (κ2) is 5.99. The van der Waals surface area contributed by atoms with E-state index in [1.807, 2.05) is 0 Å². The van der Waals surface area contributed by atoms with Crippen LogP contribution in [-0.4, -0.2) is 17.1 Å². The highest BCUT2D eigenvalue weighted by Crippen LogP contribution is 2.11. The molecule has 0 aromatic rings. The van der Waals surface area contributed by atoms with Crippen molar-refractivity contribution in [2.24, 2.45) is 5.92 Å². The van der Waals surface area contributed by atoms with Crippen LogP contribution in [0.15, 0.2) is 0 Å². The van der Waals surface area contributed by atoms with E-state index in [2.05, 4.69) is 13.8 Å². The van der Waals surface area contributed by atoms with Gasteiger partial charge in [0.25, 0.3) is 0 Å². The van der Waals surface area contributed by atoms with Crippen molar-refractivity contribution >= 4 is 11.6 Å². The maximum atomic E-state index is 9.07. The van der Waals surface area contributed by atoms with Crippen LogP contribution in [0, 0.1) is 5.92 Å². The first-order chi connectivity index (χ1) is 4.70. The number of hydrogen-bond donors (Lipinski definition) is 1. The molecular weight excluding hydrogens is 148 g/mol.